The molecule has 1 fully saturated rings. The van der Waals surface area contributed by atoms with Gasteiger partial charge in [-0.3, -0.25) is 24.6 Å². The van der Waals surface area contributed by atoms with Gasteiger partial charge in [0.1, 0.15) is 5.76 Å². The standard InChI is InChI=1S/C26H19N3O5S/c1-14-12-15(2)21-19(13-14)35-26(27-21)28-22(16-8-10-18(11-9-16)29(33)34)20(24(31)25(28)32)23(30)17-6-4-3-5-7-17/h3-13,22,30H,1-2H3/b23-20+. The molecule has 3 aromatic carbocycles. The summed E-state index contributed by atoms with van der Waals surface area (Å²) in [6, 6.07) is 17.0. The van der Waals surface area contributed by atoms with Crippen molar-refractivity contribution in [2.75, 3.05) is 4.90 Å². The first-order valence-corrected chi connectivity index (χ1v) is 11.6. The molecule has 0 aliphatic carbocycles. The maximum absolute atomic E-state index is 13.3. The molecule has 1 saturated heterocycles. The maximum atomic E-state index is 13.3. The predicted molar refractivity (Wildman–Crippen MR) is 133 cm³/mol. The minimum absolute atomic E-state index is 0.0952. The highest BCUT2D eigenvalue weighted by Gasteiger charge is 2.48. The third-order valence-corrected chi connectivity index (χ3v) is 6.94. The summed E-state index contributed by atoms with van der Waals surface area (Å²) in [5.74, 6) is -1.98. The van der Waals surface area contributed by atoms with Gasteiger partial charge >= 0.3 is 5.91 Å². The highest BCUT2D eigenvalue weighted by atomic mass is 32.1. The average molecular weight is 486 g/mol. The lowest BCUT2D eigenvalue weighted by Gasteiger charge is -2.22. The molecule has 0 saturated carbocycles. The molecule has 35 heavy (non-hydrogen) atoms. The van der Waals surface area contributed by atoms with Crippen LogP contribution in [0.25, 0.3) is 16.0 Å². The fourth-order valence-electron chi connectivity index (χ4n) is 4.34. The molecular weight excluding hydrogens is 466 g/mol. The molecule has 8 nitrogen and oxygen atoms in total. The van der Waals surface area contributed by atoms with Crippen LogP contribution < -0.4 is 4.90 Å². The summed E-state index contributed by atoms with van der Waals surface area (Å²) in [5.41, 5.74) is 3.32. The van der Waals surface area contributed by atoms with Crippen molar-refractivity contribution in [3.8, 4) is 0 Å². The number of aryl methyl sites for hydroxylation is 2. The van der Waals surface area contributed by atoms with Crippen LogP contribution in [0.15, 0.2) is 72.3 Å². The molecule has 1 aliphatic heterocycles. The molecule has 5 rings (SSSR count). The molecule has 9 heteroatoms. The Morgan fingerprint density at radius 1 is 1.06 bits per heavy atom. The van der Waals surface area contributed by atoms with Gasteiger partial charge in [0.2, 0.25) is 0 Å². The fraction of sp³-hybridized carbons (Fsp3) is 0.115. The Hall–Kier alpha value is -4.37. The first kappa shape index (κ1) is 22.4. The number of ketones is 1. The third-order valence-electron chi connectivity index (χ3n) is 5.94. The molecule has 0 spiro atoms. The number of carbonyl (C=O) groups excluding carboxylic acids is 2. The van der Waals surface area contributed by atoms with Gasteiger partial charge in [0.25, 0.3) is 11.5 Å². The first-order chi connectivity index (χ1) is 16.8. The van der Waals surface area contributed by atoms with Gasteiger partial charge in [-0.2, -0.15) is 0 Å². The summed E-state index contributed by atoms with van der Waals surface area (Å²) in [6.07, 6.45) is 0. The van der Waals surface area contributed by atoms with E-state index in [9.17, 15) is 24.8 Å². The fourth-order valence-corrected chi connectivity index (χ4v) is 5.51. The number of Topliss-reactive ketones (excluding diaryl/α,β-unsaturated/α-hetero) is 1. The second-order valence-corrected chi connectivity index (χ2v) is 9.32. The van der Waals surface area contributed by atoms with Gasteiger partial charge < -0.3 is 5.11 Å². The van der Waals surface area contributed by atoms with Crippen molar-refractivity contribution in [1.29, 1.82) is 0 Å². The van der Waals surface area contributed by atoms with E-state index < -0.39 is 22.7 Å². The van der Waals surface area contributed by atoms with Crippen molar-refractivity contribution in [1.82, 2.24) is 4.98 Å². The smallest absolute Gasteiger partial charge is 0.301 e. The molecule has 1 atom stereocenters. The second kappa shape index (κ2) is 8.44. The Balaban J connectivity index is 1.74. The molecule has 174 valence electrons. The minimum Gasteiger partial charge on any atom is -0.507 e. The summed E-state index contributed by atoms with van der Waals surface area (Å²) >= 11 is 1.27. The number of fused-ring (bicyclic) bond motifs is 1. The molecular formula is C26H19N3O5S. The summed E-state index contributed by atoms with van der Waals surface area (Å²) in [7, 11) is 0. The van der Waals surface area contributed by atoms with E-state index in [1.54, 1.807) is 30.3 Å². The third kappa shape index (κ3) is 3.75. The predicted octanol–water partition coefficient (Wildman–Crippen LogP) is 5.45. The molecule has 0 radical (unpaired) electrons. The summed E-state index contributed by atoms with van der Waals surface area (Å²) in [4.78, 5) is 43.2. The number of nitrogens with zero attached hydrogens (tertiary/aromatic N) is 3. The first-order valence-electron chi connectivity index (χ1n) is 10.7. The summed E-state index contributed by atoms with van der Waals surface area (Å²) < 4.78 is 0.866. The highest BCUT2D eigenvalue weighted by molar-refractivity contribution is 7.22. The van der Waals surface area contributed by atoms with E-state index in [-0.39, 0.29) is 17.0 Å². The van der Waals surface area contributed by atoms with Crippen LogP contribution in [0.3, 0.4) is 0 Å². The molecule has 1 aromatic heterocycles. The number of anilines is 1. The lowest BCUT2D eigenvalue weighted by atomic mass is 9.95. The van der Waals surface area contributed by atoms with E-state index in [1.165, 1.54) is 40.5 Å². The molecule has 2 heterocycles. The lowest BCUT2D eigenvalue weighted by molar-refractivity contribution is -0.384. The van der Waals surface area contributed by atoms with Crippen molar-refractivity contribution in [2.45, 2.75) is 19.9 Å². The Morgan fingerprint density at radius 2 is 1.74 bits per heavy atom. The van der Waals surface area contributed by atoms with Gasteiger partial charge in [-0.15, -0.1) is 0 Å². The van der Waals surface area contributed by atoms with Crippen LogP contribution >= 0.6 is 11.3 Å². The molecule has 1 aliphatic rings. The number of nitro benzene ring substituents is 1. The van der Waals surface area contributed by atoms with Crippen molar-refractivity contribution >= 4 is 49.8 Å². The van der Waals surface area contributed by atoms with Gasteiger partial charge in [0.15, 0.2) is 5.13 Å². The van der Waals surface area contributed by atoms with E-state index in [0.29, 0.717) is 16.3 Å². The topological polar surface area (TPSA) is 114 Å². The lowest BCUT2D eigenvalue weighted by Crippen LogP contribution is -2.29. The van der Waals surface area contributed by atoms with E-state index >= 15 is 0 Å². The summed E-state index contributed by atoms with van der Waals surface area (Å²) in [5, 5.41) is 22.6. The van der Waals surface area contributed by atoms with Gasteiger partial charge in [0.05, 0.1) is 26.8 Å². The van der Waals surface area contributed by atoms with Crippen molar-refractivity contribution in [3.05, 3.63) is 105 Å². The SMILES string of the molecule is Cc1cc(C)c2nc(N3C(=O)C(=O)/C(=C(/O)c4ccccc4)C3c3ccc([N+](=O)[O-])cc3)sc2c1. The zero-order valence-electron chi connectivity index (χ0n) is 18.8. The van der Waals surface area contributed by atoms with Crippen molar-refractivity contribution in [2.24, 2.45) is 0 Å². The van der Waals surface area contributed by atoms with Crippen molar-refractivity contribution < 1.29 is 19.6 Å². The number of aliphatic hydroxyl groups excluding tert-OH is 1. The molecule has 0 bridgehead atoms. The zero-order chi connectivity index (χ0) is 24.9. The molecule has 1 N–H and O–H groups in total. The van der Waals surface area contributed by atoms with Crippen LogP contribution in [0.4, 0.5) is 10.8 Å². The van der Waals surface area contributed by atoms with E-state index in [2.05, 4.69) is 4.98 Å². The quantitative estimate of drug-likeness (QED) is 0.135. The zero-order valence-corrected chi connectivity index (χ0v) is 19.6. The highest BCUT2D eigenvalue weighted by Crippen LogP contribution is 2.44. The average Bonchev–Trinajstić information content (AvgIpc) is 3.38. The number of aromatic nitrogens is 1. The Labute approximate surface area is 203 Å². The Bertz CT molecular complexity index is 1540. The number of amides is 1. The number of hydrogen-bond donors (Lipinski definition) is 1. The molecule has 4 aromatic rings. The number of nitro groups is 1. The number of hydrogen-bond acceptors (Lipinski definition) is 7. The number of benzene rings is 3. The van der Waals surface area contributed by atoms with Crippen LogP contribution in [0, 0.1) is 24.0 Å². The van der Waals surface area contributed by atoms with Crippen LogP contribution in [0.5, 0.6) is 0 Å². The monoisotopic (exact) mass is 485 g/mol. The van der Waals surface area contributed by atoms with E-state index in [0.717, 1.165) is 21.3 Å². The molecule has 1 unspecified atom stereocenters. The van der Waals surface area contributed by atoms with Crippen molar-refractivity contribution in [3.63, 3.8) is 0 Å². The van der Waals surface area contributed by atoms with Crippen LogP contribution in [0.2, 0.25) is 0 Å². The number of carbonyl (C=O) groups is 2. The largest absolute Gasteiger partial charge is 0.507 e. The van der Waals surface area contributed by atoms with E-state index in [1.807, 2.05) is 26.0 Å². The Kier molecular flexibility index (Phi) is 5.41. The number of aliphatic hydroxyl groups is 1. The molecule has 1 amide bonds. The minimum atomic E-state index is -1.00. The van der Waals surface area contributed by atoms with Gasteiger partial charge in [-0.05, 0) is 48.7 Å². The van der Waals surface area contributed by atoms with Gasteiger partial charge in [0, 0.05) is 17.7 Å². The second-order valence-electron chi connectivity index (χ2n) is 8.31. The van der Waals surface area contributed by atoms with Gasteiger partial charge in [-0.1, -0.05) is 47.7 Å². The van der Waals surface area contributed by atoms with Gasteiger partial charge in [-0.25, -0.2) is 4.98 Å². The number of non-ortho nitro benzene ring substituents is 1. The Morgan fingerprint density at radius 3 is 2.40 bits per heavy atom. The number of thiazole rings is 1. The summed E-state index contributed by atoms with van der Waals surface area (Å²) in [6.45, 7) is 3.89. The van der Waals surface area contributed by atoms with Crippen LogP contribution in [-0.2, 0) is 9.59 Å². The number of rotatable bonds is 4. The van der Waals surface area contributed by atoms with E-state index in [4.69, 9.17) is 0 Å². The normalized spacial score (nSPS) is 17.3. The maximum Gasteiger partial charge on any atom is 0.301 e. The van der Waals surface area contributed by atoms with Crippen LogP contribution in [0.1, 0.15) is 28.3 Å². The van der Waals surface area contributed by atoms with Crippen LogP contribution in [-0.4, -0.2) is 26.7 Å².